The summed E-state index contributed by atoms with van der Waals surface area (Å²) in [6.07, 6.45) is 0.468. The first-order valence-corrected chi connectivity index (χ1v) is 12.0. The number of rotatable bonds is 9. The van der Waals surface area contributed by atoms with Gasteiger partial charge in [-0.25, -0.2) is 4.79 Å². The Hall–Kier alpha value is -1.66. The molecule has 5 nitrogen and oxygen atoms in total. The quantitative estimate of drug-likeness (QED) is 0.633. The van der Waals surface area contributed by atoms with Crippen LogP contribution < -0.4 is 5.32 Å². The minimum atomic E-state index is -1.92. The molecule has 6 heteroatoms. The van der Waals surface area contributed by atoms with Gasteiger partial charge < -0.3 is 19.3 Å². The predicted octanol–water partition coefficient (Wildman–Crippen LogP) is 4.67. The van der Waals surface area contributed by atoms with Gasteiger partial charge in [-0.3, -0.25) is 0 Å². The Labute approximate surface area is 158 Å². The lowest BCUT2D eigenvalue weighted by atomic mass is 10.1. The SMILES string of the molecule is CC(=O)CCC(CO[Si](C)(C)C(C)(C)C)NC(=O)OCc1ccccc1. The van der Waals surface area contributed by atoms with Gasteiger partial charge in [0.05, 0.1) is 12.6 Å². The molecule has 0 fully saturated rings. The van der Waals surface area contributed by atoms with Gasteiger partial charge in [-0.05, 0) is 37.0 Å². The lowest BCUT2D eigenvalue weighted by Gasteiger charge is -2.37. The first-order valence-electron chi connectivity index (χ1n) is 9.12. The molecule has 0 aliphatic heterocycles. The molecule has 0 aliphatic carbocycles. The highest BCUT2D eigenvalue weighted by atomic mass is 28.4. The Bertz CT molecular complexity index is 581. The molecule has 26 heavy (non-hydrogen) atoms. The molecule has 0 radical (unpaired) electrons. The van der Waals surface area contributed by atoms with Crippen molar-refractivity contribution < 1.29 is 18.8 Å². The average molecular weight is 380 g/mol. The maximum Gasteiger partial charge on any atom is 0.407 e. The molecule has 146 valence electrons. The zero-order valence-electron chi connectivity index (χ0n) is 16.9. The van der Waals surface area contributed by atoms with E-state index in [0.29, 0.717) is 19.4 Å². The molecule has 1 aromatic rings. The lowest BCUT2D eigenvalue weighted by molar-refractivity contribution is -0.117. The number of carbonyl (C=O) groups is 2. The van der Waals surface area contributed by atoms with Gasteiger partial charge >= 0.3 is 6.09 Å². The Balaban J connectivity index is 2.58. The molecule has 1 atom stereocenters. The van der Waals surface area contributed by atoms with E-state index in [9.17, 15) is 9.59 Å². The van der Waals surface area contributed by atoms with Crippen LogP contribution in [-0.4, -0.2) is 32.8 Å². The minimum Gasteiger partial charge on any atom is -0.445 e. The van der Waals surface area contributed by atoms with E-state index >= 15 is 0 Å². The van der Waals surface area contributed by atoms with Crippen LogP contribution in [0.25, 0.3) is 0 Å². The number of hydrogen-bond acceptors (Lipinski definition) is 4. The van der Waals surface area contributed by atoms with E-state index < -0.39 is 14.4 Å². The largest absolute Gasteiger partial charge is 0.445 e. The highest BCUT2D eigenvalue weighted by Gasteiger charge is 2.37. The molecule has 1 rings (SSSR count). The number of amides is 1. The topological polar surface area (TPSA) is 64.6 Å². The van der Waals surface area contributed by atoms with Gasteiger partial charge in [0.1, 0.15) is 12.4 Å². The molecule has 0 spiro atoms. The number of Topliss-reactive ketones (excluding diaryl/α,β-unsaturated/α-hetero) is 1. The van der Waals surface area contributed by atoms with E-state index in [1.165, 1.54) is 0 Å². The van der Waals surface area contributed by atoms with Crippen molar-refractivity contribution in [1.82, 2.24) is 5.32 Å². The molecule has 1 N–H and O–H groups in total. The molecular weight excluding hydrogens is 346 g/mol. The van der Waals surface area contributed by atoms with Crippen LogP contribution in [0.1, 0.15) is 46.1 Å². The number of ketones is 1. The van der Waals surface area contributed by atoms with Crippen molar-refractivity contribution in [2.45, 2.75) is 71.3 Å². The van der Waals surface area contributed by atoms with Crippen molar-refractivity contribution in [2.24, 2.45) is 0 Å². The van der Waals surface area contributed by atoms with E-state index in [-0.39, 0.29) is 23.5 Å². The van der Waals surface area contributed by atoms with Crippen molar-refractivity contribution in [3.63, 3.8) is 0 Å². The smallest absolute Gasteiger partial charge is 0.407 e. The van der Waals surface area contributed by atoms with E-state index in [1.54, 1.807) is 6.92 Å². The van der Waals surface area contributed by atoms with Crippen LogP contribution in [0.15, 0.2) is 30.3 Å². The van der Waals surface area contributed by atoms with Gasteiger partial charge in [0.15, 0.2) is 8.32 Å². The van der Waals surface area contributed by atoms with Crippen LogP contribution in [0.2, 0.25) is 18.1 Å². The van der Waals surface area contributed by atoms with Crippen molar-refractivity contribution >= 4 is 20.2 Å². The molecule has 1 aromatic carbocycles. The summed E-state index contributed by atoms with van der Waals surface area (Å²) >= 11 is 0. The minimum absolute atomic E-state index is 0.0892. The molecule has 1 amide bonds. The summed E-state index contributed by atoms with van der Waals surface area (Å²) in [7, 11) is -1.92. The second-order valence-corrected chi connectivity index (χ2v) is 13.0. The summed E-state index contributed by atoms with van der Waals surface area (Å²) in [5.74, 6) is 0.0989. The first kappa shape index (κ1) is 22.4. The van der Waals surface area contributed by atoms with E-state index in [4.69, 9.17) is 9.16 Å². The second-order valence-electron chi connectivity index (χ2n) is 8.21. The number of alkyl carbamates (subject to hydrolysis) is 1. The Morgan fingerprint density at radius 3 is 2.31 bits per heavy atom. The van der Waals surface area contributed by atoms with Crippen molar-refractivity contribution in [3.8, 4) is 0 Å². The summed E-state index contributed by atoms with van der Waals surface area (Å²) in [5, 5.41) is 2.94. The standard InChI is InChI=1S/C20H33NO4Si/c1-16(22)12-13-18(15-25-26(5,6)20(2,3)4)21-19(23)24-14-17-10-8-7-9-11-17/h7-11,18H,12-15H2,1-6H3,(H,21,23). The van der Waals surface area contributed by atoms with Crippen LogP contribution in [0.3, 0.4) is 0 Å². The molecule has 0 saturated carbocycles. The molecule has 0 heterocycles. The normalized spacial score (nSPS) is 13.2. The first-order chi connectivity index (χ1) is 12.0. The van der Waals surface area contributed by atoms with E-state index in [2.05, 4.69) is 39.2 Å². The van der Waals surface area contributed by atoms with Crippen molar-refractivity contribution in [3.05, 3.63) is 35.9 Å². The zero-order valence-corrected chi connectivity index (χ0v) is 17.9. The predicted molar refractivity (Wildman–Crippen MR) is 107 cm³/mol. The molecule has 0 aromatic heterocycles. The summed E-state index contributed by atoms with van der Waals surface area (Å²) < 4.78 is 11.5. The van der Waals surface area contributed by atoms with Crippen LogP contribution in [-0.2, 0) is 20.6 Å². The maximum atomic E-state index is 12.1. The van der Waals surface area contributed by atoms with Gasteiger partial charge in [0, 0.05) is 6.42 Å². The summed E-state index contributed by atoms with van der Waals surface area (Å²) in [6, 6.07) is 9.29. The average Bonchev–Trinajstić information content (AvgIpc) is 2.55. The van der Waals surface area contributed by atoms with Crippen LogP contribution >= 0.6 is 0 Å². The number of hydrogen-bond donors (Lipinski definition) is 1. The van der Waals surface area contributed by atoms with Gasteiger partial charge in [-0.15, -0.1) is 0 Å². The summed E-state index contributed by atoms with van der Waals surface area (Å²) in [4.78, 5) is 23.5. The van der Waals surface area contributed by atoms with Gasteiger partial charge in [0.25, 0.3) is 0 Å². The fourth-order valence-electron chi connectivity index (χ4n) is 2.03. The van der Waals surface area contributed by atoms with Crippen LogP contribution in [0.5, 0.6) is 0 Å². The monoisotopic (exact) mass is 379 g/mol. The molecule has 0 bridgehead atoms. The molecular formula is C20H33NO4Si. The Morgan fingerprint density at radius 2 is 1.77 bits per heavy atom. The van der Waals surface area contributed by atoms with Crippen LogP contribution in [0, 0.1) is 0 Å². The van der Waals surface area contributed by atoms with Crippen molar-refractivity contribution in [1.29, 1.82) is 0 Å². The van der Waals surface area contributed by atoms with E-state index in [1.807, 2.05) is 30.3 Å². The Morgan fingerprint density at radius 1 is 1.15 bits per heavy atom. The fourth-order valence-corrected chi connectivity index (χ4v) is 3.08. The van der Waals surface area contributed by atoms with Gasteiger partial charge in [-0.2, -0.15) is 0 Å². The third kappa shape index (κ3) is 8.14. The van der Waals surface area contributed by atoms with Crippen LogP contribution in [0.4, 0.5) is 4.79 Å². The third-order valence-corrected chi connectivity index (χ3v) is 9.33. The highest BCUT2D eigenvalue weighted by Crippen LogP contribution is 2.36. The number of ether oxygens (including phenoxy) is 1. The number of nitrogens with one attached hydrogen (secondary N) is 1. The second kappa shape index (κ2) is 9.88. The lowest BCUT2D eigenvalue weighted by Crippen LogP contribution is -2.46. The van der Waals surface area contributed by atoms with Gasteiger partial charge in [-0.1, -0.05) is 51.1 Å². The third-order valence-electron chi connectivity index (χ3n) is 4.83. The maximum absolute atomic E-state index is 12.1. The summed E-state index contributed by atoms with van der Waals surface area (Å²) in [6.45, 7) is 13.0. The molecule has 1 unspecified atom stereocenters. The Kier molecular flexibility index (Phi) is 8.50. The number of carbonyl (C=O) groups excluding carboxylic acids is 2. The number of benzene rings is 1. The molecule has 0 aliphatic rings. The van der Waals surface area contributed by atoms with Gasteiger partial charge in [0.2, 0.25) is 0 Å². The van der Waals surface area contributed by atoms with E-state index in [0.717, 1.165) is 5.56 Å². The highest BCUT2D eigenvalue weighted by molar-refractivity contribution is 6.74. The zero-order chi connectivity index (χ0) is 19.8. The van der Waals surface area contributed by atoms with Crippen molar-refractivity contribution in [2.75, 3.05) is 6.61 Å². The fraction of sp³-hybridized carbons (Fsp3) is 0.600. The molecule has 0 saturated heterocycles. The summed E-state index contributed by atoms with van der Waals surface area (Å²) in [5.41, 5.74) is 0.931.